The summed E-state index contributed by atoms with van der Waals surface area (Å²) in [5.74, 6) is 0. The average molecular weight is 238 g/mol. The summed E-state index contributed by atoms with van der Waals surface area (Å²) in [5, 5.41) is 0.395. The van der Waals surface area contributed by atoms with Gasteiger partial charge in [0.25, 0.3) is 5.17 Å². The molecule has 2 heterocycles. The van der Waals surface area contributed by atoms with Crippen molar-refractivity contribution in [2.24, 2.45) is 0 Å². The van der Waals surface area contributed by atoms with Crippen molar-refractivity contribution < 1.29 is 9.47 Å². The lowest BCUT2D eigenvalue weighted by molar-refractivity contribution is 0.148. The minimum atomic E-state index is -0.0533. The van der Waals surface area contributed by atoms with Crippen LogP contribution in [-0.4, -0.2) is 33.0 Å². The highest BCUT2D eigenvalue weighted by atomic mass is 32.1. The molecule has 5 heteroatoms. The van der Waals surface area contributed by atoms with Crippen molar-refractivity contribution in [2.45, 2.75) is 31.7 Å². The Morgan fingerprint density at radius 3 is 3.06 bits per heavy atom. The maximum Gasteiger partial charge on any atom is 0.269 e. The van der Waals surface area contributed by atoms with Crippen LogP contribution in [0, 0.1) is 0 Å². The normalized spacial score (nSPS) is 24.8. The van der Waals surface area contributed by atoms with Gasteiger partial charge < -0.3 is 9.47 Å². The number of hydrogen-bond donors (Lipinski definition) is 0. The minimum Gasteiger partial charge on any atom is -0.464 e. The minimum absolute atomic E-state index is 0.0533. The van der Waals surface area contributed by atoms with E-state index in [2.05, 4.69) is 11.6 Å². The van der Waals surface area contributed by atoms with Gasteiger partial charge in [0.2, 0.25) is 0 Å². The maximum absolute atomic E-state index is 5.69. The number of rotatable bonds is 4. The van der Waals surface area contributed by atoms with E-state index in [1.54, 1.807) is 23.3 Å². The zero-order valence-electron chi connectivity index (χ0n) is 9.07. The molecule has 0 spiro atoms. The average Bonchev–Trinajstić information content (AvgIpc) is 2.81. The molecule has 86 valence electrons. The molecule has 1 saturated heterocycles. The van der Waals surface area contributed by atoms with E-state index in [1.807, 2.05) is 13.0 Å². The summed E-state index contributed by atoms with van der Waals surface area (Å²) in [4.78, 5) is 3.92. The van der Waals surface area contributed by atoms with Crippen LogP contribution in [0.1, 0.15) is 13.3 Å². The number of hydrogen-bond acceptors (Lipinski definition) is 4. The van der Waals surface area contributed by atoms with Crippen molar-refractivity contribution in [2.75, 3.05) is 0 Å². The summed E-state index contributed by atoms with van der Waals surface area (Å²) in [6.07, 6.45) is 7.89. The summed E-state index contributed by atoms with van der Waals surface area (Å²) in [6, 6.07) is 0. The summed E-state index contributed by atoms with van der Waals surface area (Å²) < 4.78 is 12.7. The van der Waals surface area contributed by atoms with Crippen LogP contribution in [-0.2, 0) is 9.47 Å². The van der Waals surface area contributed by atoms with E-state index in [0.717, 1.165) is 6.42 Å². The van der Waals surface area contributed by atoms with Crippen LogP contribution in [0.15, 0.2) is 31.4 Å². The predicted octanol–water partition coefficient (Wildman–Crippen LogP) is 1.76. The first-order valence-corrected chi connectivity index (χ1v) is 5.58. The second-order valence-corrected chi connectivity index (χ2v) is 4.07. The molecule has 0 bridgehead atoms. The number of epoxide rings is 1. The monoisotopic (exact) mass is 238 g/mol. The molecule has 1 aromatic rings. The highest BCUT2D eigenvalue weighted by Gasteiger charge is 2.42. The molecule has 0 radical (unpaired) electrons. The highest BCUT2D eigenvalue weighted by molar-refractivity contribution is 7.80. The molecule has 0 saturated carbocycles. The van der Waals surface area contributed by atoms with E-state index in [-0.39, 0.29) is 18.3 Å². The van der Waals surface area contributed by atoms with Crippen molar-refractivity contribution in [3.05, 3.63) is 31.4 Å². The van der Waals surface area contributed by atoms with Gasteiger partial charge in [-0.25, -0.2) is 4.98 Å². The van der Waals surface area contributed by atoms with E-state index < -0.39 is 0 Å². The first kappa shape index (κ1) is 11.3. The van der Waals surface area contributed by atoms with E-state index in [1.165, 1.54) is 0 Å². The lowest BCUT2D eigenvalue weighted by Crippen LogP contribution is -2.26. The Labute approximate surface area is 99.9 Å². The summed E-state index contributed by atoms with van der Waals surface area (Å²) in [5.41, 5.74) is 0. The maximum atomic E-state index is 5.69. The molecule has 1 aliphatic heterocycles. The van der Waals surface area contributed by atoms with Crippen molar-refractivity contribution >= 4 is 17.4 Å². The predicted molar refractivity (Wildman–Crippen MR) is 64.2 cm³/mol. The van der Waals surface area contributed by atoms with Gasteiger partial charge in [-0.2, -0.15) is 0 Å². The van der Waals surface area contributed by atoms with E-state index in [0.29, 0.717) is 5.17 Å². The second-order valence-electron chi connectivity index (χ2n) is 3.72. The smallest absolute Gasteiger partial charge is 0.269 e. The Bertz CT molecular complexity index is 377. The summed E-state index contributed by atoms with van der Waals surface area (Å²) in [7, 11) is 0. The summed E-state index contributed by atoms with van der Waals surface area (Å²) in [6.45, 7) is 5.73. The molecular weight excluding hydrogens is 224 g/mol. The van der Waals surface area contributed by atoms with Gasteiger partial charge in [0, 0.05) is 18.8 Å². The number of nitrogens with zero attached hydrogens (tertiary/aromatic N) is 2. The van der Waals surface area contributed by atoms with Gasteiger partial charge in [-0.3, -0.25) is 4.57 Å². The van der Waals surface area contributed by atoms with Crippen molar-refractivity contribution in [3.63, 3.8) is 0 Å². The van der Waals surface area contributed by atoms with Crippen molar-refractivity contribution in [1.29, 1.82) is 0 Å². The Kier molecular flexibility index (Phi) is 3.36. The fraction of sp³-hybridized carbons (Fsp3) is 0.455. The molecule has 0 aromatic carbocycles. The van der Waals surface area contributed by atoms with Gasteiger partial charge in [-0.05, 0) is 19.1 Å². The molecule has 0 N–H and O–H groups in total. The van der Waals surface area contributed by atoms with Gasteiger partial charge in [0.1, 0.15) is 18.5 Å². The fourth-order valence-corrected chi connectivity index (χ4v) is 1.80. The van der Waals surface area contributed by atoms with Gasteiger partial charge in [0.05, 0.1) is 6.10 Å². The quantitative estimate of drug-likeness (QED) is 0.455. The Hall–Kier alpha value is -1.20. The van der Waals surface area contributed by atoms with Crippen LogP contribution < -0.4 is 0 Å². The number of thiocarbonyl (C=S) groups is 1. The molecule has 1 aromatic heterocycles. The fourth-order valence-electron chi connectivity index (χ4n) is 1.56. The standard InChI is InChI=1S/C11H14N2O2S/c1-3-4-9(10-8(2)14-10)15-11(16)13-6-5-12-7-13/h3,5-10H,1,4H2,2H3/t8-,9+,10+/m1/s1. The van der Waals surface area contributed by atoms with Crippen LogP contribution in [0.25, 0.3) is 0 Å². The SMILES string of the molecule is C=CC[C@H](OC(=S)n1ccnc1)[C@H]1O[C@@H]1C. The van der Waals surface area contributed by atoms with Gasteiger partial charge >= 0.3 is 0 Å². The molecule has 1 fully saturated rings. The lowest BCUT2D eigenvalue weighted by atomic mass is 10.1. The molecule has 16 heavy (non-hydrogen) atoms. The third-order valence-electron chi connectivity index (χ3n) is 2.49. The van der Waals surface area contributed by atoms with Crippen molar-refractivity contribution in [3.8, 4) is 0 Å². The van der Waals surface area contributed by atoms with Crippen LogP contribution in [0.3, 0.4) is 0 Å². The number of ether oxygens (including phenoxy) is 2. The van der Waals surface area contributed by atoms with Crippen LogP contribution in [0.5, 0.6) is 0 Å². The zero-order valence-corrected chi connectivity index (χ0v) is 9.89. The Morgan fingerprint density at radius 2 is 2.56 bits per heavy atom. The largest absolute Gasteiger partial charge is 0.464 e. The number of imidazole rings is 1. The highest BCUT2D eigenvalue weighted by Crippen LogP contribution is 2.28. The van der Waals surface area contributed by atoms with E-state index in [4.69, 9.17) is 21.7 Å². The van der Waals surface area contributed by atoms with Gasteiger partial charge in [-0.15, -0.1) is 6.58 Å². The summed E-state index contributed by atoms with van der Waals surface area (Å²) >= 11 is 5.16. The third-order valence-corrected chi connectivity index (χ3v) is 2.80. The molecule has 0 amide bonds. The van der Waals surface area contributed by atoms with E-state index >= 15 is 0 Å². The lowest BCUT2D eigenvalue weighted by Gasteiger charge is -2.16. The number of aromatic nitrogens is 2. The molecule has 1 aliphatic rings. The van der Waals surface area contributed by atoms with Crippen LogP contribution in [0.4, 0.5) is 0 Å². The zero-order chi connectivity index (χ0) is 11.5. The van der Waals surface area contributed by atoms with Gasteiger partial charge in [0.15, 0.2) is 0 Å². The topological polar surface area (TPSA) is 39.6 Å². The van der Waals surface area contributed by atoms with Crippen molar-refractivity contribution in [1.82, 2.24) is 9.55 Å². The Morgan fingerprint density at radius 1 is 1.81 bits per heavy atom. The van der Waals surface area contributed by atoms with Gasteiger partial charge in [-0.1, -0.05) is 6.08 Å². The van der Waals surface area contributed by atoms with Crippen LogP contribution in [0.2, 0.25) is 0 Å². The molecule has 2 rings (SSSR count). The van der Waals surface area contributed by atoms with E-state index in [9.17, 15) is 0 Å². The molecule has 0 aliphatic carbocycles. The molecule has 3 atom stereocenters. The first-order chi connectivity index (χ1) is 7.72. The van der Waals surface area contributed by atoms with Crippen LogP contribution >= 0.6 is 12.2 Å². The molecule has 4 nitrogen and oxygen atoms in total. The molecule has 0 unspecified atom stereocenters. The third kappa shape index (κ3) is 2.48. The molecular formula is C11H14N2O2S. The second kappa shape index (κ2) is 4.76. The first-order valence-electron chi connectivity index (χ1n) is 5.17. The Balaban J connectivity index is 1.95.